The highest BCUT2D eigenvalue weighted by atomic mass is 16.4. The standard InChI is InChI=1S/C20H20N4O3/c1-12-22-17-6-5-13(8-18(17)23-12)9-19(25)24-10-14(15(11-24)20(26)27)16-4-2-3-7-21-16/h2-8,14-15H,9-11H2,1H3,(H,22,23)(H,26,27)/t14-,15-/m0/s1. The maximum atomic E-state index is 12.8. The number of amides is 1. The van der Waals surface area contributed by atoms with Crippen molar-refractivity contribution in [2.75, 3.05) is 13.1 Å². The molecule has 27 heavy (non-hydrogen) atoms. The molecular formula is C20H20N4O3. The van der Waals surface area contributed by atoms with Gasteiger partial charge in [-0.05, 0) is 36.8 Å². The van der Waals surface area contributed by atoms with E-state index in [9.17, 15) is 14.7 Å². The van der Waals surface area contributed by atoms with Gasteiger partial charge in [-0.25, -0.2) is 4.98 Å². The number of fused-ring (bicyclic) bond motifs is 1. The van der Waals surface area contributed by atoms with Gasteiger partial charge < -0.3 is 15.0 Å². The number of nitrogens with zero attached hydrogens (tertiary/aromatic N) is 3. The van der Waals surface area contributed by atoms with Crippen LogP contribution in [-0.2, 0) is 16.0 Å². The lowest BCUT2D eigenvalue weighted by Crippen LogP contribution is -2.31. The van der Waals surface area contributed by atoms with Crippen molar-refractivity contribution in [3.63, 3.8) is 0 Å². The van der Waals surface area contributed by atoms with Gasteiger partial charge in [0.2, 0.25) is 5.91 Å². The first-order valence-corrected chi connectivity index (χ1v) is 8.88. The summed E-state index contributed by atoms with van der Waals surface area (Å²) in [6.07, 6.45) is 1.88. The third-order valence-corrected chi connectivity index (χ3v) is 5.08. The fourth-order valence-electron chi connectivity index (χ4n) is 3.73. The van der Waals surface area contributed by atoms with Gasteiger partial charge in [0, 0.05) is 30.9 Å². The Balaban J connectivity index is 1.52. The largest absolute Gasteiger partial charge is 0.481 e. The molecule has 0 bridgehead atoms. The number of aromatic amines is 1. The second kappa shape index (κ2) is 6.83. The van der Waals surface area contributed by atoms with Crippen LogP contribution in [-0.4, -0.2) is 49.9 Å². The number of pyridine rings is 1. The van der Waals surface area contributed by atoms with Crippen LogP contribution in [0.2, 0.25) is 0 Å². The number of carboxylic acids is 1. The Labute approximate surface area is 156 Å². The topological polar surface area (TPSA) is 99.2 Å². The normalized spacial score (nSPS) is 19.5. The maximum Gasteiger partial charge on any atom is 0.309 e. The number of rotatable bonds is 4. The zero-order valence-corrected chi connectivity index (χ0v) is 14.9. The van der Waals surface area contributed by atoms with Crippen molar-refractivity contribution in [3.8, 4) is 0 Å². The lowest BCUT2D eigenvalue weighted by molar-refractivity contribution is -0.141. The number of likely N-dealkylation sites (tertiary alicyclic amines) is 1. The highest BCUT2D eigenvalue weighted by molar-refractivity contribution is 5.83. The number of hydrogen-bond acceptors (Lipinski definition) is 4. The minimum atomic E-state index is -0.893. The zero-order valence-electron chi connectivity index (χ0n) is 14.9. The van der Waals surface area contributed by atoms with Crippen LogP contribution in [0.15, 0.2) is 42.6 Å². The average molecular weight is 364 g/mol. The number of carbonyl (C=O) groups is 2. The quantitative estimate of drug-likeness (QED) is 0.739. The van der Waals surface area contributed by atoms with E-state index in [0.29, 0.717) is 6.54 Å². The zero-order chi connectivity index (χ0) is 19.0. The van der Waals surface area contributed by atoms with Gasteiger partial charge >= 0.3 is 5.97 Å². The van der Waals surface area contributed by atoms with Crippen LogP contribution < -0.4 is 0 Å². The van der Waals surface area contributed by atoms with Crippen molar-refractivity contribution in [3.05, 3.63) is 59.7 Å². The number of hydrogen-bond donors (Lipinski definition) is 2. The molecule has 3 heterocycles. The highest BCUT2D eigenvalue weighted by Gasteiger charge is 2.41. The number of nitrogens with one attached hydrogen (secondary N) is 1. The Kier molecular flexibility index (Phi) is 4.35. The number of carbonyl (C=O) groups excluding carboxylic acids is 1. The van der Waals surface area contributed by atoms with Crippen molar-refractivity contribution in [1.29, 1.82) is 0 Å². The van der Waals surface area contributed by atoms with Crippen molar-refractivity contribution < 1.29 is 14.7 Å². The van der Waals surface area contributed by atoms with Gasteiger partial charge in [0.05, 0.1) is 23.4 Å². The maximum absolute atomic E-state index is 12.8. The molecule has 0 unspecified atom stereocenters. The fraction of sp³-hybridized carbons (Fsp3) is 0.300. The van der Waals surface area contributed by atoms with Gasteiger partial charge in [-0.2, -0.15) is 0 Å². The lowest BCUT2D eigenvalue weighted by Gasteiger charge is -2.16. The summed E-state index contributed by atoms with van der Waals surface area (Å²) in [6.45, 7) is 2.47. The molecule has 0 radical (unpaired) electrons. The van der Waals surface area contributed by atoms with Gasteiger partial charge in [0.15, 0.2) is 0 Å². The van der Waals surface area contributed by atoms with Crippen molar-refractivity contribution >= 4 is 22.9 Å². The van der Waals surface area contributed by atoms with Crippen LogP contribution >= 0.6 is 0 Å². The van der Waals surface area contributed by atoms with Crippen molar-refractivity contribution in [1.82, 2.24) is 19.9 Å². The summed E-state index contributed by atoms with van der Waals surface area (Å²) < 4.78 is 0. The number of aromatic nitrogens is 3. The van der Waals surface area contributed by atoms with Gasteiger partial charge in [0.25, 0.3) is 0 Å². The predicted octanol–water partition coefficient (Wildman–Crippen LogP) is 2.14. The molecule has 7 nitrogen and oxygen atoms in total. The summed E-state index contributed by atoms with van der Waals surface area (Å²) in [4.78, 5) is 37.9. The number of benzene rings is 1. The molecule has 1 aliphatic heterocycles. The first kappa shape index (κ1) is 17.2. The molecule has 2 aromatic heterocycles. The van der Waals surface area contributed by atoms with Crippen LogP contribution in [0.1, 0.15) is 23.0 Å². The molecule has 0 spiro atoms. The molecule has 1 saturated heterocycles. The third kappa shape index (κ3) is 3.40. The van der Waals surface area contributed by atoms with E-state index >= 15 is 0 Å². The first-order valence-electron chi connectivity index (χ1n) is 8.88. The van der Waals surface area contributed by atoms with Gasteiger partial charge in [-0.1, -0.05) is 12.1 Å². The van der Waals surface area contributed by atoms with Crippen LogP contribution in [0, 0.1) is 12.8 Å². The Morgan fingerprint density at radius 3 is 2.85 bits per heavy atom. The summed E-state index contributed by atoms with van der Waals surface area (Å²) in [5.41, 5.74) is 3.36. The van der Waals surface area contributed by atoms with Crippen LogP contribution in [0.5, 0.6) is 0 Å². The SMILES string of the molecule is Cc1nc2ccc(CC(=O)N3C[C@H](C(=O)O)[C@@H](c4ccccn4)C3)cc2[nH]1. The molecule has 2 N–H and O–H groups in total. The number of H-pyrrole nitrogens is 1. The van der Waals surface area contributed by atoms with Crippen molar-refractivity contribution in [2.45, 2.75) is 19.3 Å². The minimum absolute atomic E-state index is 0.0738. The molecule has 1 fully saturated rings. The molecule has 7 heteroatoms. The smallest absolute Gasteiger partial charge is 0.309 e. The van der Waals surface area contributed by atoms with E-state index in [1.54, 1.807) is 17.2 Å². The Bertz CT molecular complexity index is 999. The number of aliphatic carboxylic acids is 1. The molecule has 1 aromatic carbocycles. The second-order valence-electron chi connectivity index (χ2n) is 6.96. The highest BCUT2D eigenvalue weighted by Crippen LogP contribution is 2.32. The molecule has 1 amide bonds. The molecule has 1 aliphatic rings. The molecule has 2 atom stereocenters. The van der Waals surface area contributed by atoms with Crippen LogP contribution in [0.3, 0.4) is 0 Å². The first-order chi connectivity index (χ1) is 13.0. The van der Waals surface area contributed by atoms with E-state index in [1.165, 1.54) is 0 Å². The monoisotopic (exact) mass is 364 g/mol. The molecule has 0 aliphatic carbocycles. The molecular weight excluding hydrogens is 344 g/mol. The van der Waals surface area contributed by atoms with Crippen LogP contribution in [0.4, 0.5) is 0 Å². The van der Waals surface area contributed by atoms with E-state index in [-0.39, 0.29) is 24.8 Å². The van der Waals surface area contributed by atoms with E-state index in [4.69, 9.17) is 0 Å². The van der Waals surface area contributed by atoms with E-state index < -0.39 is 11.9 Å². The number of carboxylic acid groups (broad SMARTS) is 1. The predicted molar refractivity (Wildman–Crippen MR) is 99.2 cm³/mol. The van der Waals surface area contributed by atoms with E-state index in [1.807, 2.05) is 37.3 Å². The fourth-order valence-corrected chi connectivity index (χ4v) is 3.73. The Hall–Kier alpha value is -3.22. The van der Waals surface area contributed by atoms with Gasteiger partial charge in [-0.3, -0.25) is 14.6 Å². The molecule has 4 rings (SSSR count). The van der Waals surface area contributed by atoms with E-state index in [2.05, 4.69) is 15.0 Å². The van der Waals surface area contributed by atoms with Gasteiger partial charge in [0.1, 0.15) is 5.82 Å². The van der Waals surface area contributed by atoms with Gasteiger partial charge in [-0.15, -0.1) is 0 Å². The Morgan fingerprint density at radius 2 is 2.11 bits per heavy atom. The minimum Gasteiger partial charge on any atom is -0.481 e. The molecule has 0 saturated carbocycles. The summed E-state index contributed by atoms with van der Waals surface area (Å²) in [6, 6.07) is 11.2. The molecule has 3 aromatic rings. The van der Waals surface area contributed by atoms with Crippen LogP contribution in [0.25, 0.3) is 11.0 Å². The summed E-state index contributed by atoms with van der Waals surface area (Å²) in [5.74, 6) is -1.06. The average Bonchev–Trinajstić information content (AvgIpc) is 3.25. The summed E-state index contributed by atoms with van der Waals surface area (Å²) in [7, 11) is 0. The van der Waals surface area contributed by atoms with Crippen molar-refractivity contribution in [2.24, 2.45) is 5.92 Å². The number of imidazole rings is 1. The Morgan fingerprint density at radius 1 is 1.26 bits per heavy atom. The third-order valence-electron chi connectivity index (χ3n) is 5.08. The summed E-state index contributed by atoms with van der Waals surface area (Å²) >= 11 is 0. The van der Waals surface area contributed by atoms with E-state index in [0.717, 1.165) is 28.1 Å². The lowest BCUT2D eigenvalue weighted by atomic mass is 9.93. The summed E-state index contributed by atoms with van der Waals surface area (Å²) in [5, 5.41) is 9.58. The molecule has 138 valence electrons. The second-order valence-corrected chi connectivity index (χ2v) is 6.96. The number of aryl methyl sites for hydroxylation is 1.